The molecule has 5 rings (SSSR count). The average Bonchev–Trinajstić information content (AvgIpc) is 3.29. The molecule has 0 atom stereocenters. The Kier molecular flexibility index (Phi) is 5.91. The summed E-state index contributed by atoms with van der Waals surface area (Å²) >= 11 is 0. The summed E-state index contributed by atoms with van der Waals surface area (Å²) in [6, 6.07) is 17.8. The molecule has 2 heterocycles. The van der Waals surface area contributed by atoms with E-state index in [0.717, 1.165) is 30.6 Å². The van der Waals surface area contributed by atoms with Gasteiger partial charge in [-0.05, 0) is 61.1 Å². The Bertz CT molecular complexity index is 1260. The molecule has 0 spiro atoms. The van der Waals surface area contributed by atoms with Crippen LogP contribution in [0.3, 0.4) is 0 Å². The van der Waals surface area contributed by atoms with Crippen LogP contribution in [0.25, 0.3) is 22.8 Å². The first-order valence-electron chi connectivity index (χ1n) is 10.1. The minimum absolute atomic E-state index is 0. The molecule has 4 aromatic rings. The number of nitrogens with zero attached hydrogens (tertiary/aromatic N) is 4. The van der Waals surface area contributed by atoms with Crippen LogP contribution >= 0.6 is 12.4 Å². The SMILES string of the molecule is COc1cn(-c2cccc3c2CCCC3)nc(-c2ccnn2-c2ccccc2)c1=O.Cl. The van der Waals surface area contributed by atoms with Gasteiger partial charge in [0.05, 0.1) is 36.6 Å². The van der Waals surface area contributed by atoms with Crippen molar-refractivity contribution in [2.45, 2.75) is 25.7 Å². The van der Waals surface area contributed by atoms with Crippen molar-refractivity contribution >= 4 is 12.4 Å². The molecule has 0 saturated heterocycles. The van der Waals surface area contributed by atoms with Crippen molar-refractivity contribution in [2.24, 2.45) is 0 Å². The van der Waals surface area contributed by atoms with Crippen molar-refractivity contribution in [1.82, 2.24) is 19.6 Å². The number of ether oxygens (including phenoxy) is 1. The molecule has 2 aromatic carbocycles. The highest BCUT2D eigenvalue weighted by molar-refractivity contribution is 5.85. The third-order valence-corrected chi connectivity index (χ3v) is 5.61. The van der Waals surface area contributed by atoms with Gasteiger partial charge in [-0.1, -0.05) is 30.3 Å². The lowest BCUT2D eigenvalue weighted by molar-refractivity contribution is 0.405. The predicted octanol–water partition coefficient (Wildman–Crippen LogP) is 4.39. The second-order valence-electron chi connectivity index (χ2n) is 7.41. The maximum absolute atomic E-state index is 13.1. The second-order valence-corrected chi connectivity index (χ2v) is 7.41. The van der Waals surface area contributed by atoms with Crippen molar-refractivity contribution in [2.75, 3.05) is 7.11 Å². The number of aryl methyl sites for hydroxylation is 1. The fourth-order valence-corrected chi connectivity index (χ4v) is 4.14. The van der Waals surface area contributed by atoms with Crippen LogP contribution in [0.4, 0.5) is 0 Å². The number of para-hydroxylation sites is 1. The van der Waals surface area contributed by atoms with E-state index in [9.17, 15) is 4.79 Å². The Balaban J connectivity index is 0.00000231. The minimum atomic E-state index is -0.253. The monoisotopic (exact) mass is 434 g/mol. The first-order chi connectivity index (χ1) is 14.8. The van der Waals surface area contributed by atoms with Crippen LogP contribution in [0.5, 0.6) is 5.75 Å². The zero-order valence-corrected chi connectivity index (χ0v) is 18.0. The Morgan fingerprint density at radius 2 is 1.77 bits per heavy atom. The third-order valence-electron chi connectivity index (χ3n) is 5.61. The summed E-state index contributed by atoms with van der Waals surface area (Å²) in [6.07, 6.45) is 7.82. The normalized spacial score (nSPS) is 12.7. The Morgan fingerprint density at radius 1 is 0.968 bits per heavy atom. The number of methoxy groups -OCH3 is 1. The zero-order chi connectivity index (χ0) is 20.5. The van der Waals surface area contributed by atoms with Gasteiger partial charge in [0.15, 0.2) is 11.4 Å². The largest absolute Gasteiger partial charge is 0.491 e. The van der Waals surface area contributed by atoms with Crippen molar-refractivity contribution < 1.29 is 4.74 Å². The molecule has 0 amide bonds. The van der Waals surface area contributed by atoms with E-state index in [2.05, 4.69) is 23.3 Å². The number of halogens is 1. The molecular weight excluding hydrogens is 412 g/mol. The fraction of sp³-hybridized carbons (Fsp3) is 0.208. The van der Waals surface area contributed by atoms with Crippen molar-refractivity contribution in [3.63, 3.8) is 0 Å². The summed E-state index contributed by atoms with van der Waals surface area (Å²) in [7, 11) is 1.51. The van der Waals surface area contributed by atoms with E-state index >= 15 is 0 Å². The molecule has 0 aliphatic heterocycles. The summed E-state index contributed by atoms with van der Waals surface area (Å²) in [5.41, 5.74) is 5.20. The third kappa shape index (κ3) is 3.75. The van der Waals surface area contributed by atoms with Gasteiger partial charge in [0.25, 0.3) is 5.43 Å². The van der Waals surface area contributed by atoms with Gasteiger partial charge < -0.3 is 4.74 Å². The molecule has 0 bridgehead atoms. The van der Waals surface area contributed by atoms with E-state index in [0.29, 0.717) is 11.4 Å². The van der Waals surface area contributed by atoms with Gasteiger partial charge in [0.2, 0.25) is 0 Å². The van der Waals surface area contributed by atoms with Crippen LogP contribution in [-0.4, -0.2) is 26.7 Å². The summed E-state index contributed by atoms with van der Waals surface area (Å²) in [5.74, 6) is 0.259. The van der Waals surface area contributed by atoms with E-state index in [-0.39, 0.29) is 23.6 Å². The molecule has 0 unspecified atom stereocenters. The topological polar surface area (TPSA) is 61.9 Å². The van der Waals surface area contributed by atoms with E-state index in [1.54, 1.807) is 27.8 Å². The van der Waals surface area contributed by atoms with Gasteiger partial charge in [-0.15, -0.1) is 12.4 Å². The van der Waals surface area contributed by atoms with Crippen molar-refractivity contribution in [1.29, 1.82) is 0 Å². The lowest BCUT2D eigenvalue weighted by atomic mass is 9.90. The maximum Gasteiger partial charge on any atom is 0.251 e. The molecule has 1 aliphatic rings. The Hall–Kier alpha value is -3.38. The molecule has 158 valence electrons. The smallest absolute Gasteiger partial charge is 0.251 e. The van der Waals surface area contributed by atoms with Gasteiger partial charge in [-0.25, -0.2) is 9.36 Å². The molecule has 7 heteroatoms. The predicted molar refractivity (Wildman–Crippen MR) is 123 cm³/mol. The summed E-state index contributed by atoms with van der Waals surface area (Å²) in [6.45, 7) is 0. The van der Waals surface area contributed by atoms with Crippen LogP contribution in [0.2, 0.25) is 0 Å². The second kappa shape index (κ2) is 8.78. The van der Waals surface area contributed by atoms with Crippen molar-refractivity contribution in [3.05, 3.63) is 88.3 Å². The lowest BCUT2D eigenvalue weighted by Gasteiger charge is -2.20. The number of hydrogen-bond acceptors (Lipinski definition) is 4. The van der Waals surface area contributed by atoms with Gasteiger partial charge in [0.1, 0.15) is 0 Å². The summed E-state index contributed by atoms with van der Waals surface area (Å²) in [4.78, 5) is 13.1. The standard InChI is InChI=1S/C24H22N4O2.ClH/c1-30-22-16-27(20-13-7-9-17-8-5-6-12-19(17)20)26-23(24(22)29)21-14-15-25-28(21)18-10-3-2-4-11-18;/h2-4,7,9-11,13-16H,5-6,8,12H2,1H3;1H. The highest BCUT2D eigenvalue weighted by atomic mass is 35.5. The first kappa shape index (κ1) is 20.9. The molecule has 31 heavy (non-hydrogen) atoms. The number of aromatic nitrogens is 4. The molecule has 2 aromatic heterocycles. The van der Waals surface area contributed by atoms with Gasteiger partial charge in [0, 0.05) is 0 Å². The van der Waals surface area contributed by atoms with E-state index < -0.39 is 0 Å². The molecule has 6 nitrogen and oxygen atoms in total. The summed E-state index contributed by atoms with van der Waals surface area (Å²) in [5, 5.41) is 9.17. The number of benzene rings is 2. The first-order valence-corrected chi connectivity index (χ1v) is 10.1. The highest BCUT2D eigenvalue weighted by Crippen LogP contribution is 2.28. The Morgan fingerprint density at radius 3 is 2.58 bits per heavy atom. The minimum Gasteiger partial charge on any atom is -0.491 e. The highest BCUT2D eigenvalue weighted by Gasteiger charge is 2.20. The van der Waals surface area contributed by atoms with Crippen LogP contribution in [-0.2, 0) is 12.8 Å². The fourth-order valence-electron chi connectivity index (χ4n) is 4.14. The number of rotatable bonds is 4. The molecule has 1 aliphatic carbocycles. The molecule has 0 saturated carbocycles. The Labute approximate surface area is 186 Å². The molecular formula is C24H23ClN4O2. The average molecular weight is 435 g/mol. The molecule has 0 fully saturated rings. The quantitative estimate of drug-likeness (QED) is 0.477. The lowest BCUT2D eigenvalue weighted by Crippen LogP contribution is -2.19. The molecule has 0 radical (unpaired) electrons. The van der Waals surface area contributed by atoms with Crippen LogP contribution < -0.4 is 10.2 Å². The molecule has 0 N–H and O–H groups in total. The summed E-state index contributed by atoms with van der Waals surface area (Å²) < 4.78 is 8.94. The van der Waals surface area contributed by atoms with Gasteiger partial charge in [-0.3, -0.25) is 4.79 Å². The van der Waals surface area contributed by atoms with E-state index in [4.69, 9.17) is 9.84 Å². The van der Waals surface area contributed by atoms with Gasteiger partial charge >= 0.3 is 0 Å². The van der Waals surface area contributed by atoms with Crippen molar-refractivity contribution in [3.8, 4) is 28.5 Å². The van der Waals surface area contributed by atoms with Gasteiger partial charge in [-0.2, -0.15) is 10.2 Å². The zero-order valence-electron chi connectivity index (χ0n) is 17.2. The maximum atomic E-state index is 13.1. The van der Waals surface area contributed by atoms with E-state index in [1.165, 1.54) is 24.7 Å². The van der Waals surface area contributed by atoms with Crippen LogP contribution in [0.15, 0.2) is 71.8 Å². The van der Waals surface area contributed by atoms with E-state index in [1.807, 2.05) is 30.3 Å². The number of hydrogen-bond donors (Lipinski definition) is 0. The van der Waals surface area contributed by atoms with Crippen LogP contribution in [0, 0.1) is 0 Å². The number of fused-ring (bicyclic) bond motifs is 1. The van der Waals surface area contributed by atoms with Crippen LogP contribution in [0.1, 0.15) is 24.0 Å².